The first-order valence-corrected chi connectivity index (χ1v) is 4.29. The number of hydrogen-bond donors (Lipinski definition) is 2. The first kappa shape index (κ1) is 10.7. The molecule has 0 heterocycles. The predicted molar refractivity (Wildman–Crippen MR) is 51.8 cm³/mol. The largest absolute Gasteiger partial charge is 0.481 e. The zero-order valence-corrected chi connectivity index (χ0v) is 7.93. The lowest BCUT2D eigenvalue weighted by Gasteiger charge is -2.12. The molecule has 0 saturated heterocycles. The van der Waals surface area contributed by atoms with Gasteiger partial charge in [0, 0.05) is 6.54 Å². The molecule has 0 aromatic heterocycles. The predicted octanol–water partition coefficient (Wildman–Crippen LogP) is 1.01. The molecule has 0 aliphatic rings. The molecular weight excluding hydrogens is 182 g/mol. The number of carboxylic acids is 1. The van der Waals surface area contributed by atoms with Crippen molar-refractivity contribution in [2.75, 3.05) is 13.7 Å². The second-order valence-electron chi connectivity index (χ2n) is 2.85. The van der Waals surface area contributed by atoms with E-state index in [1.54, 1.807) is 12.1 Å². The van der Waals surface area contributed by atoms with E-state index in [9.17, 15) is 4.79 Å². The third-order valence-electron chi connectivity index (χ3n) is 1.93. The van der Waals surface area contributed by atoms with E-state index in [0.717, 1.165) is 5.56 Å². The van der Waals surface area contributed by atoms with E-state index in [-0.39, 0.29) is 6.54 Å². The number of carboxylic acid groups (broad SMARTS) is 1. The smallest absolute Gasteiger partial charge is 0.312 e. The minimum atomic E-state index is -0.860. The molecule has 0 bridgehead atoms. The fraction of sp³-hybridized carbons (Fsp3) is 0.300. The molecule has 2 N–H and O–H groups in total. The lowest BCUT2D eigenvalue weighted by molar-refractivity contribution is -0.139. The maximum atomic E-state index is 10.9. The number of nitrogens with one attached hydrogen (secondary N) is 1. The molecule has 1 rings (SSSR count). The number of benzene rings is 1. The number of hydrogen-bond acceptors (Lipinski definition) is 3. The third kappa shape index (κ3) is 2.83. The average Bonchev–Trinajstić information content (AvgIpc) is 2.19. The fourth-order valence-corrected chi connectivity index (χ4v) is 1.20. The fourth-order valence-electron chi connectivity index (χ4n) is 1.20. The number of aliphatic carboxylic acids is 1. The van der Waals surface area contributed by atoms with Crippen LogP contribution in [-0.4, -0.2) is 24.7 Å². The first-order chi connectivity index (χ1) is 6.75. The number of hydroxylamine groups is 1. The summed E-state index contributed by atoms with van der Waals surface area (Å²) in [6.07, 6.45) is 0. The van der Waals surface area contributed by atoms with Gasteiger partial charge in [0.25, 0.3) is 0 Å². The van der Waals surface area contributed by atoms with E-state index in [1.807, 2.05) is 18.2 Å². The van der Waals surface area contributed by atoms with Crippen molar-refractivity contribution in [1.29, 1.82) is 0 Å². The van der Waals surface area contributed by atoms with Crippen molar-refractivity contribution < 1.29 is 14.7 Å². The zero-order valence-electron chi connectivity index (χ0n) is 7.93. The van der Waals surface area contributed by atoms with E-state index >= 15 is 0 Å². The summed E-state index contributed by atoms with van der Waals surface area (Å²) in [7, 11) is 1.46. The van der Waals surface area contributed by atoms with Crippen molar-refractivity contribution in [2.45, 2.75) is 5.92 Å². The van der Waals surface area contributed by atoms with Crippen molar-refractivity contribution in [1.82, 2.24) is 5.48 Å². The molecule has 1 atom stereocenters. The van der Waals surface area contributed by atoms with Crippen molar-refractivity contribution >= 4 is 5.97 Å². The van der Waals surface area contributed by atoms with Crippen LogP contribution in [0.1, 0.15) is 11.5 Å². The Balaban J connectivity index is 2.73. The highest BCUT2D eigenvalue weighted by atomic mass is 16.6. The molecule has 0 aliphatic carbocycles. The number of rotatable bonds is 5. The topological polar surface area (TPSA) is 58.6 Å². The van der Waals surface area contributed by atoms with Gasteiger partial charge in [-0.3, -0.25) is 4.79 Å². The monoisotopic (exact) mass is 195 g/mol. The summed E-state index contributed by atoms with van der Waals surface area (Å²) in [5.41, 5.74) is 3.32. The number of carbonyl (C=O) groups is 1. The molecule has 0 spiro atoms. The van der Waals surface area contributed by atoms with Gasteiger partial charge in [0.15, 0.2) is 0 Å². The molecule has 1 aromatic carbocycles. The van der Waals surface area contributed by atoms with Gasteiger partial charge in [-0.25, -0.2) is 5.48 Å². The van der Waals surface area contributed by atoms with Gasteiger partial charge in [-0.1, -0.05) is 30.3 Å². The maximum Gasteiger partial charge on any atom is 0.312 e. The van der Waals surface area contributed by atoms with Gasteiger partial charge in [0.2, 0.25) is 0 Å². The lowest BCUT2D eigenvalue weighted by Crippen LogP contribution is -2.26. The van der Waals surface area contributed by atoms with Crippen molar-refractivity contribution in [3.8, 4) is 0 Å². The van der Waals surface area contributed by atoms with Crippen LogP contribution < -0.4 is 5.48 Å². The maximum absolute atomic E-state index is 10.9. The van der Waals surface area contributed by atoms with Crippen molar-refractivity contribution in [3.63, 3.8) is 0 Å². The van der Waals surface area contributed by atoms with Crippen LogP contribution in [0.25, 0.3) is 0 Å². The van der Waals surface area contributed by atoms with Gasteiger partial charge >= 0.3 is 5.97 Å². The molecule has 0 fully saturated rings. The molecule has 0 amide bonds. The Morgan fingerprint density at radius 1 is 1.50 bits per heavy atom. The Labute approximate surface area is 82.5 Å². The minimum Gasteiger partial charge on any atom is -0.481 e. The normalized spacial score (nSPS) is 12.4. The van der Waals surface area contributed by atoms with Crippen LogP contribution in [0.4, 0.5) is 0 Å². The van der Waals surface area contributed by atoms with Crippen LogP contribution in [0.5, 0.6) is 0 Å². The Bertz CT molecular complexity index is 287. The molecule has 1 aromatic rings. The second-order valence-corrected chi connectivity index (χ2v) is 2.85. The zero-order chi connectivity index (χ0) is 10.4. The summed E-state index contributed by atoms with van der Waals surface area (Å²) in [5, 5.41) is 8.96. The van der Waals surface area contributed by atoms with E-state index in [4.69, 9.17) is 5.11 Å². The summed E-state index contributed by atoms with van der Waals surface area (Å²) >= 11 is 0. The molecular formula is C10H13NO3. The summed E-state index contributed by atoms with van der Waals surface area (Å²) < 4.78 is 0. The molecule has 1 unspecified atom stereocenters. The van der Waals surface area contributed by atoms with Crippen LogP contribution >= 0.6 is 0 Å². The van der Waals surface area contributed by atoms with Gasteiger partial charge in [0.1, 0.15) is 0 Å². The summed E-state index contributed by atoms with van der Waals surface area (Å²) in [6.45, 7) is 0.260. The highest BCUT2D eigenvalue weighted by Crippen LogP contribution is 2.14. The first-order valence-electron chi connectivity index (χ1n) is 4.29. The molecule has 4 nitrogen and oxygen atoms in total. The highest BCUT2D eigenvalue weighted by Gasteiger charge is 2.18. The Kier molecular flexibility index (Phi) is 4.10. The Morgan fingerprint density at radius 3 is 2.64 bits per heavy atom. The van der Waals surface area contributed by atoms with E-state index in [2.05, 4.69) is 10.3 Å². The quantitative estimate of drug-likeness (QED) is 0.688. The summed E-state index contributed by atoms with van der Waals surface area (Å²) in [4.78, 5) is 15.5. The van der Waals surface area contributed by atoms with E-state index in [0.29, 0.717) is 0 Å². The van der Waals surface area contributed by atoms with Crippen molar-refractivity contribution in [2.24, 2.45) is 0 Å². The second kappa shape index (κ2) is 5.36. The Hall–Kier alpha value is -1.39. The van der Waals surface area contributed by atoms with Crippen LogP contribution in [0.15, 0.2) is 30.3 Å². The molecule has 76 valence electrons. The average molecular weight is 195 g/mol. The molecule has 0 radical (unpaired) electrons. The minimum absolute atomic E-state index is 0.260. The third-order valence-corrected chi connectivity index (χ3v) is 1.93. The van der Waals surface area contributed by atoms with Gasteiger partial charge < -0.3 is 9.94 Å². The lowest BCUT2D eigenvalue weighted by atomic mass is 10.00. The standard InChI is InChI=1S/C10H13NO3/c1-14-11-7-9(10(12)13)8-5-3-2-4-6-8/h2-6,9,11H,7H2,1H3,(H,12,13). The Morgan fingerprint density at radius 2 is 2.14 bits per heavy atom. The molecule has 4 heteroatoms. The van der Waals surface area contributed by atoms with Crippen LogP contribution in [0.2, 0.25) is 0 Å². The van der Waals surface area contributed by atoms with E-state index in [1.165, 1.54) is 7.11 Å². The van der Waals surface area contributed by atoms with Gasteiger partial charge in [0.05, 0.1) is 13.0 Å². The van der Waals surface area contributed by atoms with E-state index < -0.39 is 11.9 Å². The van der Waals surface area contributed by atoms with Gasteiger partial charge in [-0.2, -0.15) is 0 Å². The van der Waals surface area contributed by atoms with Crippen LogP contribution in [-0.2, 0) is 9.63 Å². The molecule has 0 saturated carbocycles. The summed E-state index contributed by atoms with van der Waals surface area (Å²) in [6, 6.07) is 9.06. The van der Waals surface area contributed by atoms with Gasteiger partial charge in [-0.15, -0.1) is 0 Å². The highest BCUT2D eigenvalue weighted by molar-refractivity contribution is 5.76. The van der Waals surface area contributed by atoms with Crippen LogP contribution in [0.3, 0.4) is 0 Å². The van der Waals surface area contributed by atoms with Crippen molar-refractivity contribution in [3.05, 3.63) is 35.9 Å². The summed E-state index contributed by atoms with van der Waals surface area (Å²) in [5.74, 6) is -1.43. The molecule has 14 heavy (non-hydrogen) atoms. The van der Waals surface area contributed by atoms with Gasteiger partial charge in [-0.05, 0) is 5.56 Å². The molecule has 0 aliphatic heterocycles. The van der Waals surface area contributed by atoms with Crippen LogP contribution in [0, 0.1) is 0 Å². The SMILES string of the molecule is CONCC(C(=O)O)c1ccccc1.